The number of aryl methyl sites for hydroxylation is 2. The summed E-state index contributed by atoms with van der Waals surface area (Å²) >= 11 is 0. The van der Waals surface area contributed by atoms with E-state index in [0.29, 0.717) is 18.2 Å². The fourth-order valence-corrected chi connectivity index (χ4v) is 4.34. The predicted molar refractivity (Wildman–Crippen MR) is 93.5 cm³/mol. The molecule has 2 atom stereocenters. The van der Waals surface area contributed by atoms with Crippen molar-refractivity contribution in [3.8, 4) is 0 Å². The Morgan fingerprint density at radius 1 is 1.25 bits per heavy atom. The van der Waals surface area contributed by atoms with Crippen molar-refractivity contribution < 1.29 is 4.79 Å². The molecule has 24 heavy (non-hydrogen) atoms. The molecule has 0 radical (unpaired) electrons. The molecule has 2 heterocycles. The van der Waals surface area contributed by atoms with Crippen molar-refractivity contribution in [2.24, 2.45) is 13.0 Å². The van der Waals surface area contributed by atoms with Crippen LogP contribution in [-0.2, 0) is 24.7 Å². The lowest BCUT2D eigenvalue weighted by Crippen LogP contribution is -2.32. The quantitative estimate of drug-likeness (QED) is 0.869. The van der Waals surface area contributed by atoms with E-state index in [2.05, 4.69) is 34.3 Å². The van der Waals surface area contributed by atoms with E-state index in [4.69, 9.17) is 0 Å². The fourth-order valence-electron chi connectivity index (χ4n) is 4.34. The van der Waals surface area contributed by atoms with Crippen LogP contribution in [0.4, 0.5) is 0 Å². The molecule has 1 aliphatic carbocycles. The number of aromatic nitrogens is 2. The van der Waals surface area contributed by atoms with Gasteiger partial charge >= 0.3 is 0 Å². The number of hydrogen-bond acceptors (Lipinski definition) is 2. The van der Waals surface area contributed by atoms with Crippen LogP contribution in [-0.4, -0.2) is 27.1 Å². The average molecular weight is 323 g/mol. The highest BCUT2D eigenvalue weighted by molar-refractivity contribution is 5.77. The second-order valence-electron chi connectivity index (χ2n) is 7.27. The van der Waals surface area contributed by atoms with Gasteiger partial charge in [0.05, 0.1) is 12.2 Å². The summed E-state index contributed by atoms with van der Waals surface area (Å²) in [6.45, 7) is 0.891. The number of rotatable bonds is 3. The number of benzene rings is 1. The number of amides is 1. The summed E-state index contributed by atoms with van der Waals surface area (Å²) in [7, 11) is 1.93. The van der Waals surface area contributed by atoms with Gasteiger partial charge in [-0.05, 0) is 49.1 Å². The van der Waals surface area contributed by atoms with E-state index in [1.165, 1.54) is 16.7 Å². The molecule has 4 heteroatoms. The van der Waals surface area contributed by atoms with Crippen LogP contribution in [0.2, 0.25) is 0 Å². The van der Waals surface area contributed by atoms with Gasteiger partial charge in [0.1, 0.15) is 0 Å². The van der Waals surface area contributed by atoms with Gasteiger partial charge in [-0.2, -0.15) is 5.10 Å². The summed E-state index contributed by atoms with van der Waals surface area (Å²) in [5.41, 5.74) is 4.08. The molecule has 1 aromatic heterocycles. The van der Waals surface area contributed by atoms with E-state index < -0.39 is 0 Å². The molecule has 4 nitrogen and oxygen atoms in total. The van der Waals surface area contributed by atoms with E-state index in [-0.39, 0.29) is 6.04 Å². The molecule has 2 aromatic rings. The molecular weight excluding hydrogens is 298 g/mol. The third kappa shape index (κ3) is 2.97. The van der Waals surface area contributed by atoms with Gasteiger partial charge in [-0.15, -0.1) is 0 Å². The molecule has 4 rings (SSSR count). The average Bonchev–Trinajstić information content (AvgIpc) is 3.23. The Morgan fingerprint density at radius 3 is 2.88 bits per heavy atom. The second kappa shape index (κ2) is 6.42. The number of fused-ring (bicyclic) bond motifs is 1. The van der Waals surface area contributed by atoms with Crippen LogP contribution in [0.1, 0.15) is 48.4 Å². The topological polar surface area (TPSA) is 38.1 Å². The predicted octanol–water partition coefficient (Wildman–Crippen LogP) is 3.28. The molecule has 1 fully saturated rings. The lowest BCUT2D eigenvalue weighted by Gasteiger charge is -2.28. The normalized spacial score (nSPS) is 23.3. The van der Waals surface area contributed by atoms with E-state index in [1.807, 2.05) is 24.1 Å². The van der Waals surface area contributed by atoms with Crippen molar-refractivity contribution in [2.75, 3.05) is 6.54 Å². The van der Waals surface area contributed by atoms with Crippen molar-refractivity contribution in [1.29, 1.82) is 0 Å². The minimum absolute atomic E-state index is 0.224. The summed E-state index contributed by atoms with van der Waals surface area (Å²) in [6.07, 6.45) is 10.1. The Bertz CT molecular complexity index is 736. The molecular formula is C20H25N3O. The van der Waals surface area contributed by atoms with Gasteiger partial charge < -0.3 is 4.90 Å². The molecule has 0 spiro atoms. The highest BCUT2D eigenvalue weighted by Gasteiger charge is 2.32. The lowest BCUT2D eigenvalue weighted by molar-refractivity contribution is -0.133. The molecule has 0 saturated carbocycles. The summed E-state index contributed by atoms with van der Waals surface area (Å²) in [4.78, 5) is 15.0. The number of nitrogens with zero attached hydrogens (tertiary/aromatic N) is 3. The first-order valence-electron chi connectivity index (χ1n) is 9.05. The van der Waals surface area contributed by atoms with E-state index in [0.717, 1.165) is 38.6 Å². The summed E-state index contributed by atoms with van der Waals surface area (Å²) < 4.78 is 1.83. The lowest BCUT2D eigenvalue weighted by atomic mass is 9.82. The molecule has 2 aliphatic rings. The minimum atomic E-state index is 0.224. The van der Waals surface area contributed by atoms with Crippen molar-refractivity contribution in [1.82, 2.24) is 14.7 Å². The number of likely N-dealkylation sites (tertiary alicyclic amines) is 1. The SMILES string of the molecule is Cn1cc(C2CCCN2C(=O)CC2CCc3ccccc3C2)cn1. The third-order valence-corrected chi connectivity index (χ3v) is 5.59. The highest BCUT2D eigenvalue weighted by atomic mass is 16.2. The molecule has 126 valence electrons. The Labute approximate surface area is 143 Å². The van der Waals surface area contributed by atoms with E-state index in [1.54, 1.807) is 0 Å². The first-order chi connectivity index (χ1) is 11.7. The molecule has 2 unspecified atom stereocenters. The van der Waals surface area contributed by atoms with Crippen LogP contribution in [0.3, 0.4) is 0 Å². The van der Waals surface area contributed by atoms with E-state index in [9.17, 15) is 4.79 Å². The molecule has 1 saturated heterocycles. The first-order valence-corrected chi connectivity index (χ1v) is 9.05. The largest absolute Gasteiger partial charge is 0.336 e. The van der Waals surface area contributed by atoms with Crippen molar-refractivity contribution in [2.45, 2.75) is 44.6 Å². The molecule has 0 N–H and O–H groups in total. The van der Waals surface area contributed by atoms with Crippen LogP contribution in [0.5, 0.6) is 0 Å². The summed E-state index contributed by atoms with van der Waals surface area (Å²) in [6, 6.07) is 8.91. The summed E-state index contributed by atoms with van der Waals surface area (Å²) in [5.74, 6) is 0.813. The Hall–Kier alpha value is -2.10. The monoisotopic (exact) mass is 323 g/mol. The van der Waals surface area contributed by atoms with Gasteiger partial charge in [0.15, 0.2) is 0 Å². The minimum Gasteiger partial charge on any atom is -0.336 e. The van der Waals surface area contributed by atoms with Gasteiger partial charge in [0.25, 0.3) is 0 Å². The molecule has 1 amide bonds. The maximum Gasteiger partial charge on any atom is 0.223 e. The fraction of sp³-hybridized carbons (Fsp3) is 0.500. The number of hydrogen-bond donors (Lipinski definition) is 0. The van der Waals surface area contributed by atoms with Gasteiger partial charge in [-0.1, -0.05) is 24.3 Å². The van der Waals surface area contributed by atoms with Gasteiger partial charge in [-0.3, -0.25) is 9.48 Å². The highest BCUT2D eigenvalue weighted by Crippen LogP contribution is 2.34. The van der Waals surface area contributed by atoms with Gasteiger partial charge in [0.2, 0.25) is 5.91 Å². The van der Waals surface area contributed by atoms with Crippen molar-refractivity contribution >= 4 is 5.91 Å². The first kappa shape index (κ1) is 15.4. The summed E-state index contributed by atoms with van der Waals surface area (Å²) in [5, 5.41) is 4.27. The van der Waals surface area contributed by atoms with Crippen molar-refractivity contribution in [3.63, 3.8) is 0 Å². The Balaban J connectivity index is 1.43. The van der Waals surface area contributed by atoms with Crippen LogP contribution in [0.25, 0.3) is 0 Å². The number of carbonyl (C=O) groups is 1. The third-order valence-electron chi connectivity index (χ3n) is 5.59. The molecule has 1 aromatic carbocycles. The Kier molecular flexibility index (Phi) is 4.13. The van der Waals surface area contributed by atoms with Crippen LogP contribution < -0.4 is 0 Å². The zero-order valence-electron chi connectivity index (χ0n) is 14.3. The van der Waals surface area contributed by atoms with Gasteiger partial charge in [0, 0.05) is 31.8 Å². The van der Waals surface area contributed by atoms with Crippen LogP contribution in [0, 0.1) is 5.92 Å². The standard InChI is InChI=1S/C20H25N3O/c1-22-14-18(13-21-22)19-7-4-10-23(19)20(24)12-15-8-9-16-5-2-3-6-17(16)11-15/h2-3,5-6,13-15,19H,4,7-12H2,1H3. The van der Waals surface area contributed by atoms with Crippen LogP contribution >= 0.6 is 0 Å². The smallest absolute Gasteiger partial charge is 0.223 e. The maximum absolute atomic E-state index is 12.9. The maximum atomic E-state index is 12.9. The van der Waals surface area contributed by atoms with Crippen molar-refractivity contribution in [3.05, 3.63) is 53.3 Å². The zero-order valence-corrected chi connectivity index (χ0v) is 14.3. The number of carbonyl (C=O) groups excluding carboxylic acids is 1. The zero-order chi connectivity index (χ0) is 16.5. The molecule has 1 aliphatic heterocycles. The van der Waals surface area contributed by atoms with Gasteiger partial charge in [-0.25, -0.2) is 0 Å². The second-order valence-corrected chi connectivity index (χ2v) is 7.27. The van der Waals surface area contributed by atoms with E-state index >= 15 is 0 Å². The molecule has 0 bridgehead atoms. The Morgan fingerprint density at radius 2 is 2.08 bits per heavy atom. The van der Waals surface area contributed by atoms with Crippen LogP contribution in [0.15, 0.2) is 36.7 Å².